The Bertz CT molecular complexity index is 236. The summed E-state index contributed by atoms with van der Waals surface area (Å²) < 4.78 is 5.46. The number of nitrogens with zero attached hydrogens (tertiary/aromatic N) is 2. The molecule has 1 aliphatic rings. The average Bonchev–Trinajstić information content (AvgIpc) is 2.57. The summed E-state index contributed by atoms with van der Waals surface area (Å²) in [6.07, 6.45) is 1.67. The molecule has 0 saturated carbocycles. The van der Waals surface area contributed by atoms with Gasteiger partial charge in [0.1, 0.15) is 12.2 Å². The van der Waals surface area contributed by atoms with Crippen molar-refractivity contribution in [2.24, 2.45) is 0 Å². The van der Waals surface area contributed by atoms with E-state index in [1.807, 2.05) is 6.92 Å². The van der Waals surface area contributed by atoms with Crippen LogP contribution in [0.1, 0.15) is 18.8 Å². The summed E-state index contributed by atoms with van der Waals surface area (Å²) in [7, 11) is 0. The fourth-order valence-electron chi connectivity index (χ4n) is 1.41. The molecule has 0 aromatic carbocycles. The standard InChI is InChI=1S/C7H12N4O/c1-5-6(8-2-3-12-5)7-9-4-10-11-7/h4-6,8H,2-3H2,1H3,(H,9,10,11). The van der Waals surface area contributed by atoms with Crippen LogP contribution in [-0.4, -0.2) is 34.4 Å². The Hall–Kier alpha value is -0.940. The molecule has 2 N–H and O–H groups in total. The predicted octanol–water partition coefficient (Wildman–Crippen LogP) is -0.146. The smallest absolute Gasteiger partial charge is 0.144 e. The van der Waals surface area contributed by atoms with Crippen LogP contribution in [0.4, 0.5) is 0 Å². The lowest BCUT2D eigenvalue weighted by atomic mass is 10.1. The molecule has 5 nitrogen and oxygen atoms in total. The topological polar surface area (TPSA) is 62.8 Å². The largest absolute Gasteiger partial charge is 0.375 e. The first-order valence-corrected chi connectivity index (χ1v) is 4.08. The maximum Gasteiger partial charge on any atom is 0.144 e. The van der Waals surface area contributed by atoms with Gasteiger partial charge in [-0.15, -0.1) is 0 Å². The van der Waals surface area contributed by atoms with E-state index in [1.165, 1.54) is 6.33 Å². The van der Waals surface area contributed by atoms with Crippen LogP contribution < -0.4 is 5.32 Å². The maximum atomic E-state index is 5.46. The Morgan fingerprint density at radius 1 is 1.67 bits per heavy atom. The zero-order chi connectivity index (χ0) is 8.39. The molecular formula is C7H12N4O. The van der Waals surface area contributed by atoms with Crippen LogP contribution in [0.5, 0.6) is 0 Å². The van der Waals surface area contributed by atoms with Crippen LogP contribution in [0.3, 0.4) is 0 Å². The van der Waals surface area contributed by atoms with E-state index in [9.17, 15) is 0 Å². The Kier molecular flexibility index (Phi) is 2.05. The van der Waals surface area contributed by atoms with Crippen LogP contribution >= 0.6 is 0 Å². The van der Waals surface area contributed by atoms with E-state index in [1.54, 1.807) is 0 Å². The summed E-state index contributed by atoms with van der Waals surface area (Å²) in [4.78, 5) is 4.08. The Morgan fingerprint density at radius 3 is 3.25 bits per heavy atom. The van der Waals surface area contributed by atoms with Gasteiger partial charge in [0.05, 0.1) is 18.8 Å². The van der Waals surface area contributed by atoms with Crippen molar-refractivity contribution < 1.29 is 4.74 Å². The monoisotopic (exact) mass is 168 g/mol. The molecule has 1 aromatic heterocycles. The Morgan fingerprint density at radius 2 is 2.58 bits per heavy atom. The molecule has 2 unspecified atom stereocenters. The third kappa shape index (κ3) is 1.33. The van der Waals surface area contributed by atoms with Crippen molar-refractivity contribution in [3.63, 3.8) is 0 Å². The molecule has 0 radical (unpaired) electrons. The van der Waals surface area contributed by atoms with E-state index in [2.05, 4.69) is 20.5 Å². The highest BCUT2D eigenvalue weighted by Gasteiger charge is 2.24. The highest BCUT2D eigenvalue weighted by molar-refractivity contribution is 4.96. The number of aromatic nitrogens is 3. The van der Waals surface area contributed by atoms with E-state index in [4.69, 9.17) is 4.74 Å². The first kappa shape index (κ1) is 7.70. The molecule has 1 aliphatic heterocycles. The zero-order valence-electron chi connectivity index (χ0n) is 6.95. The van der Waals surface area contributed by atoms with Crippen molar-refractivity contribution in [2.45, 2.75) is 19.1 Å². The van der Waals surface area contributed by atoms with E-state index in [0.717, 1.165) is 19.0 Å². The van der Waals surface area contributed by atoms with Crippen molar-refractivity contribution in [1.82, 2.24) is 20.5 Å². The van der Waals surface area contributed by atoms with Crippen molar-refractivity contribution in [3.8, 4) is 0 Å². The molecular weight excluding hydrogens is 156 g/mol. The lowest BCUT2D eigenvalue weighted by molar-refractivity contribution is 0.00523. The summed E-state index contributed by atoms with van der Waals surface area (Å²) in [5, 5.41) is 9.95. The average molecular weight is 168 g/mol. The first-order chi connectivity index (χ1) is 5.88. The summed E-state index contributed by atoms with van der Waals surface area (Å²) in [5.74, 6) is 0.849. The van der Waals surface area contributed by atoms with Crippen LogP contribution in [-0.2, 0) is 4.74 Å². The second-order valence-corrected chi connectivity index (χ2v) is 2.88. The van der Waals surface area contributed by atoms with E-state index < -0.39 is 0 Å². The molecule has 0 aliphatic carbocycles. The van der Waals surface area contributed by atoms with Gasteiger partial charge in [0.2, 0.25) is 0 Å². The predicted molar refractivity (Wildman–Crippen MR) is 42.5 cm³/mol. The number of ether oxygens (including phenoxy) is 1. The van der Waals surface area contributed by atoms with Gasteiger partial charge in [0, 0.05) is 6.54 Å². The molecule has 0 spiro atoms. The summed E-state index contributed by atoms with van der Waals surface area (Å²) >= 11 is 0. The lowest BCUT2D eigenvalue weighted by Gasteiger charge is -2.28. The molecule has 0 bridgehead atoms. The molecule has 2 rings (SSSR count). The number of aromatic amines is 1. The SMILES string of the molecule is CC1OCCNC1c1ncn[nH]1. The maximum absolute atomic E-state index is 5.46. The minimum atomic E-state index is 0.154. The second-order valence-electron chi connectivity index (χ2n) is 2.88. The summed E-state index contributed by atoms with van der Waals surface area (Å²) in [6, 6.07) is 0.154. The Labute approximate surface area is 70.5 Å². The fourth-order valence-corrected chi connectivity index (χ4v) is 1.41. The number of morpholine rings is 1. The van der Waals surface area contributed by atoms with Gasteiger partial charge in [-0.05, 0) is 6.92 Å². The normalized spacial score (nSPS) is 30.4. The fraction of sp³-hybridized carbons (Fsp3) is 0.714. The Balaban J connectivity index is 2.11. The van der Waals surface area contributed by atoms with Gasteiger partial charge in [0.25, 0.3) is 0 Å². The van der Waals surface area contributed by atoms with Crippen molar-refractivity contribution in [3.05, 3.63) is 12.2 Å². The van der Waals surface area contributed by atoms with Crippen molar-refractivity contribution in [1.29, 1.82) is 0 Å². The molecule has 1 saturated heterocycles. The molecule has 12 heavy (non-hydrogen) atoms. The number of hydrogen-bond acceptors (Lipinski definition) is 4. The van der Waals surface area contributed by atoms with E-state index in [-0.39, 0.29) is 12.1 Å². The minimum absolute atomic E-state index is 0.154. The number of hydrogen-bond donors (Lipinski definition) is 2. The molecule has 66 valence electrons. The number of H-pyrrole nitrogens is 1. The second kappa shape index (κ2) is 3.20. The summed E-state index contributed by atoms with van der Waals surface area (Å²) in [6.45, 7) is 3.67. The van der Waals surface area contributed by atoms with E-state index >= 15 is 0 Å². The number of nitrogens with one attached hydrogen (secondary N) is 2. The van der Waals surface area contributed by atoms with Crippen LogP contribution in [0, 0.1) is 0 Å². The minimum Gasteiger partial charge on any atom is -0.375 e. The first-order valence-electron chi connectivity index (χ1n) is 4.08. The highest BCUT2D eigenvalue weighted by Crippen LogP contribution is 2.16. The number of rotatable bonds is 1. The van der Waals surface area contributed by atoms with Gasteiger partial charge in [0.15, 0.2) is 0 Å². The quantitative estimate of drug-likeness (QED) is 0.612. The summed E-state index contributed by atoms with van der Waals surface area (Å²) in [5.41, 5.74) is 0. The van der Waals surface area contributed by atoms with Gasteiger partial charge in [-0.1, -0.05) is 0 Å². The molecule has 2 heterocycles. The molecule has 5 heteroatoms. The molecule has 0 amide bonds. The van der Waals surface area contributed by atoms with Crippen molar-refractivity contribution >= 4 is 0 Å². The molecule has 1 aromatic rings. The van der Waals surface area contributed by atoms with Gasteiger partial charge in [-0.2, -0.15) is 5.10 Å². The zero-order valence-corrected chi connectivity index (χ0v) is 6.95. The van der Waals surface area contributed by atoms with Crippen LogP contribution in [0.2, 0.25) is 0 Å². The van der Waals surface area contributed by atoms with Gasteiger partial charge in [-0.3, -0.25) is 5.10 Å². The van der Waals surface area contributed by atoms with Crippen LogP contribution in [0.15, 0.2) is 6.33 Å². The third-order valence-corrected chi connectivity index (χ3v) is 2.04. The van der Waals surface area contributed by atoms with Gasteiger partial charge in [-0.25, -0.2) is 4.98 Å². The van der Waals surface area contributed by atoms with Crippen molar-refractivity contribution in [2.75, 3.05) is 13.2 Å². The van der Waals surface area contributed by atoms with E-state index in [0.29, 0.717) is 0 Å². The molecule has 2 atom stereocenters. The lowest BCUT2D eigenvalue weighted by Crippen LogP contribution is -2.40. The van der Waals surface area contributed by atoms with Crippen LogP contribution in [0.25, 0.3) is 0 Å². The molecule has 1 fully saturated rings. The van der Waals surface area contributed by atoms with Gasteiger partial charge < -0.3 is 10.1 Å². The highest BCUT2D eigenvalue weighted by atomic mass is 16.5. The van der Waals surface area contributed by atoms with Gasteiger partial charge >= 0.3 is 0 Å². The third-order valence-electron chi connectivity index (χ3n) is 2.04.